The molecule has 0 atom stereocenters. The predicted molar refractivity (Wildman–Crippen MR) is 76.9 cm³/mol. The van der Waals surface area contributed by atoms with Crippen LogP contribution in [0.15, 0.2) is 6.07 Å². The quantitative estimate of drug-likeness (QED) is 0.605. The molecule has 0 aliphatic rings. The van der Waals surface area contributed by atoms with Gasteiger partial charge in [0.15, 0.2) is 0 Å². The Morgan fingerprint density at radius 1 is 1.11 bits per heavy atom. The van der Waals surface area contributed by atoms with Gasteiger partial charge in [-0.05, 0) is 20.8 Å². The molecule has 0 aliphatic carbocycles. The number of aryl methyl sites for hydroxylation is 1. The van der Waals surface area contributed by atoms with Crippen LogP contribution in [0.4, 0.5) is 11.6 Å². The summed E-state index contributed by atoms with van der Waals surface area (Å²) in [5.74, 6) is 2.19. The number of hydrogen-bond acceptors (Lipinski definition) is 6. The molecule has 0 aliphatic heterocycles. The van der Waals surface area contributed by atoms with Crippen LogP contribution in [0.1, 0.15) is 19.7 Å². The molecular weight excluding hydrogens is 266 g/mol. The van der Waals surface area contributed by atoms with E-state index in [-0.39, 0.29) is 5.75 Å². The van der Waals surface area contributed by atoms with Crippen LogP contribution in [0.25, 0.3) is 0 Å². The first-order valence-electron chi connectivity index (χ1n) is 6.27. The van der Waals surface area contributed by atoms with Crippen LogP contribution < -0.4 is 15.4 Å². The summed E-state index contributed by atoms with van der Waals surface area (Å²) in [6, 6.07) is 1.80. The Morgan fingerprint density at radius 3 is 2.32 bits per heavy atom. The summed E-state index contributed by atoms with van der Waals surface area (Å²) in [5.41, 5.74) is 0. The van der Waals surface area contributed by atoms with Gasteiger partial charge in [-0.25, -0.2) is 23.1 Å². The van der Waals surface area contributed by atoms with Crippen molar-refractivity contribution in [3.8, 4) is 0 Å². The number of nitrogens with zero attached hydrogens (tertiary/aromatic N) is 2. The molecule has 0 spiro atoms. The second kappa shape index (κ2) is 7.25. The first-order valence-corrected chi connectivity index (χ1v) is 7.93. The number of hydrogen-bond donors (Lipinski definition) is 3. The van der Waals surface area contributed by atoms with E-state index in [4.69, 9.17) is 0 Å². The van der Waals surface area contributed by atoms with Gasteiger partial charge in [0.25, 0.3) is 0 Å². The lowest BCUT2D eigenvalue weighted by Crippen LogP contribution is -2.30. The van der Waals surface area contributed by atoms with Crippen LogP contribution in [-0.4, -0.2) is 43.8 Å². The van der Waals surface area contributed by atoms with Crippen LogP contribution in [0.5, 0.6) is 0 Å². The van der Waals surface area contributed by atoms with Gasteiger partial charge in [-0.3, -0.25) is 0 Å². The molecule has 1 heterocycles. The van der Waals surface area contributed by atoms with Crippen LogP contribution >= 0.6 is 0 Å². The molecule has 0 saturated heterocycles. The third kappa shape index (κ3) is 5.84. The summed E-state index contributed by atoms with van der Waals surface area (Å²) in [5, 5.41) is 6.17. The first kappa shape index (κ1) is 15.6. The van der Waals surface area contributed by atoms with Crippen molar-refractivity contribution in [2.24, 2.45) is 0 Å². The van der Waals surface area contributed by atoms with Gasteiger partial charge in [-0.15, -0.1) is 0 Å². The molecule has 108 valence electrons. The Labute approximate surface area is 114 Å². The van der Waals surface area contributed by atoms with Crippen molar-refractivity contribution in [1.82, 2.24) is 14.7 Å². The summed E-state index contributed by atoms with van der Waals surface area (Å²) < 4.78 is 24.9. The lowest BCUT2D eigenvalue weighted by atomic mass is 10.4. The highest BCUT2D eigenvalue weighted by Crippen LogP contribution is 2.10. The van der Waals surface area contributed by atoms with E-state index in [1.54, 1.807) is 13.0 Å². The zero-order chi connectivity index (χ0) is 14.3. The maximum Gasteiger partial charge on any atom is 0.211 e. The third-order valence-electron chi connectivity index (χ3n) is 2.33. The Morgan fingerprint density at radius 2 is 1.74 bits per heavy atom. The third-order valence-corrected chi connectivity index (χ3v) is 3.73. The highest BCUT2D eigenvalue weighted by Gasteiger charge is 2.05. The number of rotatable bonds is 8. The topological polar surface area (TPSA) is 96.0 Å². The second-order valence-electron chi connectivity index (χ2n) is 3.94. The van der Waals surface area contributed by atoms with E-state index < -0.39 is 10.0 Å². The summed E-state index contributed by atoms with van der Waals surface area (Å²) >= 11 is 0. The number of anilines is 2. The Hall–Kier alpha value is -1.41. The number of aromatic nitrogens is 2. The van der Waals surface area contributed by atoms with Crippen molar-refractivity contribution in [2.75, 3.05) is 36.0 Å². The van der Waals surface area contributed by atoms with Crippen LogP contribution in [0.2, 0.25) is 0 Å². The van der Waals surface area contributed by atoms with Crippen molar-refractivity contribution >= 4 is 21.7 Å². The van der Waals surface area contributed by atoms with Crippen molar-refractivity contribution in [2.45, 2.75) is 20.8 Å². The van der Waals surface area contributed by atoms with E-state index in [1.807, 2.05) is 13.8 Å². The van der Waals surface area contributed by atoms with Crippen molar-refractivity contribution < 1.29 is 8.42 Å². The molecule has 1 aromatic rings. The smallest absolute Gasteiger partial charge is 0.211 e. The van der Waals surface area contributed by atoms with Gasteiger partial charge in [-0.2, -0.15) is 0 Å². The zero-order valence-corrected chi connectivity index (χ0v) is 12.3. The molecule has 3 N–H and O–H groups in total. The molecule has 0 unspecified atom stereocenters. The van der Waals surface area contributed by atoms with E-state index in [0.29, 0.717) is 24.7 Å². The Kier molecular flexibility index (Phi) is 5.97. The zero-order valence-electron chi connectivity index (χ0n) is 11.5. The van der Waals surface area contributed by atoms with E-state index in [0.717, 1.165) is 12.4 Å². The SMILES string of the molecule is CCNc1cc(NCCNS(=O)(=O)CC)nc(C)n1. The molecule has 7 nitrogen and oxygen atoms in total. The van der Waals surface area contributed by atoms with Gasteiger partial charge in [0.05, 0.1) is 5.75 Å². The van der Waals surface area contributed by atoms with E-state index in [1.165, 1.54) is 0 Å². The monoisotopic (exact) mass is 287 g/mol. The minimum absolute atomic E-state index is 0.0875. The Bertz CT molecular complexity index is 504. The maximum atomic E-state index is 11.2. The highest BCUT2D eigenvalue weighted by molar-refractivity contribution is 7.89. The average Bonchev–Trinajstić information content (AvgIpc) is 2.34. The lowest BCUT2D eigenvalue weighted by Gasteiger charge is -2.09. The van der Waals surface area contributed by atoms with Gasteiger partial charge >= 0.3 is 0 Å². The average molecular weight is 287 g/mol. The van der Waals surface area contributed by atoms with E-state index in [9.17, 15) is 8.42 Å². The molecule has 0 fully saturated rings. The summed E-state index contributed by atoms with van der Waals surface area (Å²) in [6.07, 6.45) is 0. The second-order valence-corrected chi connectivity index (χ2v) is 6.04. The van der Waals surface area contributed by atoms with Gasteiger partial charge in [0.2, 0.25) is 10.0 Å². The van der Waals surface area contributed by atoms with Crippen molar-refractivity contribution in [3.63, 3.8) is 0 Å². The molecule has 0 amide bonds. The molecule has 0 saturated carbocycles. The van der Waals surface area contributed by atoms with Crippen LogP contribution in [0, 0.1) is 6.92 Å². The standard InChI is InChI=1S/C11H21N5O2S/c1-4-12-10-8-11(16-9(3)15-10)13-6-7-14-19(17,18)5-2/h8,14H,4-7H2,1-3H3,(H2,12,13,15,16). The fourth-order valence-corrected chi connectivity index (χ4v) is 2.05. The van der Waals surface area contributed by atoms with Gasteiger partial charge in [-0.1, -0.05) is 0 Å². The van der Waals surface area contributed by atoms with E-state index in [2.05, 4.69) is 25.3 Å². The van der Waals surface area contributed by atoms with Gasteiger partial charge in [0.1, 0.15) is 17.5 Å². The fraction of sp³-hybridized carbons (Fsp3) is 0.636. The normalized spacial score (nSPS) is 11.3. The summed E-state index contributed by atoms with van der Waals surface area (Å²) in [7, 11) is -3.13. The lowest BCUT2D eigenvalue weighted by molar-refractivity contribution is 0.584. The van der Waals surface area contributed by atoms with Gasteiger partial charge < -0.3 is 10.6 Å². The molecule has 0 radical (unpaired) electrons. The highest BCUT2D eigenvalue weighted by atomic mass is 32.2. The number of nitrogens with one attached hydrogen (secondary N) is 3. The molecule has 0 bridgehead atoms. The fourth-order valence-electron chi connectivity index (χ4n) is 1.43. The predicted octanol–water partition coefficient (Wildman–Crippen LogP) is 0.568. The van der Waals surface area contributed by atoms with Crippen molar-refractivity contribution in [3.05, 3.63) is 11.9 Å². The molecule has 8 heteroatoms. The Balaban J connectivity index is 2.49. The van der Waals surface area contributed by atoms with E-state index >= 15 is 0 Å². The summed E-state index contributed by atoms with van der Waals surface area (Å²) in [6.45, 7) is 6.99. The largest absolute Gasteiger partial charge is 0.370 e. The van der Waals surface area contributed by atoms with Gasteiger partial charge in [0, 0.05) is 25.7 Å². The molecule has 1 aromatic heterocycles. The van der Waals surface area contributed by atoms with Crippen LogP contribution in [-0.2, 0) is 10.0 Å². The molecule has 19 heavy (non-hydrogen) atoms. The molecule has 1 rings (SSSR count). The number of sulfonamides is 1. The first-order chi connectivity index (χ1) is 8.96. The van der Waals surface area contributed by atoms with Crippen molar-refractivity contribution in [1.29, 1.82) is 0 Å². The van der Waals surface area contributed by atoms with Crippen LogP contribution in [0.3, 0.4) is 0 Å². The minimum Gasteiger partial charge on any atom is -0.370 e. The minimum atomic E-state index is -3.13. The molecule has 0 aromatic carbocycles. The summed E-state index contributed by atoms with van der Waals surface area (Å²) in [4.78, 5) is 8.46. The maximum absolute atomic E-state index is 11.2. The molecular formula is C11H21N5O2S.